The molecule has 2 rings (SSSR count). The molecule has 0 fully saturated rings. The van der Waals surface area contributed by atoms with E-state index in [9.17, 15) is 4.79 Å². The first-order valence-electron chi connectivity index (χ1n) is 10.7. The third-order valence-corrected chi connectivity index (χ3v) is 5.23. The highest BCUT2D eigenvalue weighted by molar-refractivity contribution is 5.82. The van der Waals surface area contributed by atoms with Gasteiger partial charge in [0, 0.05) is 18.3 Å². The standard InChI is InChI=1S/C24H36N2O2/c1-5-6-7-8-9-10-17-28-21-13-11-20(12-14-21)18-22(24(2,3)4)23(27)26-16-15-25-19-26/h11-16,19,22H,5-10,17-18H2,1-4H3. The molecule has 0 amide bonds. The maximum atomic E-state index is 12.9. The van der Waals surface area contributed by atoms with Crippen LogP contribution in [0.2, 0.25) is 0 Å². The van der Waals surface area contributed by atoms with Crippen molar-refractivity contribution in [3.05, 3.63) is 48.5 Å². The highest BCUT2D eigenvalue weighted by Gasteiger charge is 2.32. The number of aromatic nitrogens is 2. The number of imidazole rings is 1. The van der Waals surface area contributed by atoms with Crippen molar-refractivity contribution < 1.29 is 9.53 Å². The zero-order valence-corrected chi connectivity index (χ0v) is 18.0. The van der Waals surface area contributed by atoms with E-state index < -0.39 is 0 Å². The molecule has 0 spiro atoms. The van der Waals surface area contributed by atoms with Crippen molar-refractivity contribution in [2.45, 2.75) is 72.6 Å². The molecule has 1 aromatic heterocycles. The van der Waals surface area contributed by atoms with E-state index in [1.807, 2.05) is 12.1 Å². The smallest absolute Gasteiger partial charge is 0.235 e. The van der Waals surface area contributed by atoms with Gasteiger partial charge in [-0.2, -0.15) is 0 Å². The maximum absolute atomic E-state index is 12.9. The third-order valence-electron chi connectivity index (χ3n) is 5.23. The second-order valence-electron chi connectivity index (χ2n) is 8.69. The number of ether oxygens (including phenoxy) is 1. The molecule has 1 unspecified atom stereocenters. The molecule has 0 radical (unpaired) electrons. The lowest BCUT2D eigenvalue weighted by atomic mass is 9.76. The van der Waals surface area contributed by atoms with Gasteiger partial charge in [0.2, 0.25) is 5.91 Å². The van der Waals surface area contributed by atoms with E-state index in [1.165, 1.54) is 32.1 Å². The maximum Gasteiger partial charge on any atom is 0.235 e. The molecule has 28 heavy (non-hydrogen) atoms. The Hall–Kier alpha value is -2.10. The number of carbonyl (C=O) groups is 1. The van der Waals surface area contributed by atoms with Gasteiger partial charge >= 0.3 is 0 Å². The SMILES string of the molecule is CCCCCCCCOc1ccc(CC(C(=O)n2ccnc2)C(C)(C)C)cc1. The normalized spacial score (nSPS) is 12.7. The molecule has 0 saturated heterocycles. The molecule has 0 aliphatic heterocycles. The summed E-state index contributed by atoms with van der Waals surface area (Å²) in [6, 6.07) is 8.20. The summed E-state index contributed by atoms with van der Waals surface area (Å²) in [6.07, 6.45) is 13.3. The van der Waals surface area contributed by atoms with Crippen LogP contribution >= 0.6 is 0 Å². The van der Waals surface area contributed by atoms with Crippen LogP contribution in [0.3, 0.4) is 0 Å². The zero-order valence-electron chi connectivity index (χ0n) is 18.0. The summed E-state index contributed by atoms with van der Waals surface area (Å²) in [6.45, 7) is 9.36. The van der Waals surface area contributed by atoms with E-state index in [1.54, 1.807) is 23.3 Å². The van der Waals surface area contributed by atoms with E-state index in [-0.39, 0.29) is 17.2 Å². The largest absolute Gasteiger partial charge is 0.494 e. The molecule has 0 aliphatic carbocycles. The van der Waals surface area contributed by atoms with Crippen LogP contribution in [0.1, 0.15) is 76.6 Å². The minimum absolute atomic E-state index is 0.0911. The van der Waals surface area contributed by atoms with Gasteiger partial charge in [0.1, 0.15) is 12.1 Å². The van der Waals surface area contributed by atoms with E-state index in [2.05, 4.69) is 44.8 Å². The lowest BCUT2D eigenvalue weighted by molar-refractivity contribution is 0.0724. The van der Waals surface area contributed by atoms with Gasteiger partial charge in [0.15, 0.2) is 0 Å². The van der Waals surface area contributed by atoms with E-state index in [4.69, 9.17) is 4.74 Å². The van der Waals surface area contributed by atoms with Crippen molar-refractivity contribution in [3.8, 4) is 5.75 Å². The summed E-state index contributed by atoms with van der Waals surface area (Å²) in [5.74, 6) is 0.885. The van der Waals surface area contributed by atoms with Crippen LogP contribution in [-0.2, 0) is 6.42 Å². The zero-order chi connectivity index (χ0) is 20.4. The van der Waals surface area contributed by atoms with Gasteiger partial charge in [0.05, 0.1) is 6.61 Å². The Morgan fingerprint density at radius 3 is 2.36 bits per heavy atom. The number of hydrogen-bond donors (Lipinski definition) is 0. The molecule has 0 N–H and O–H groups in total. The predicted octanol–water partition coefficient (Wildman–Crippen LogP) is 6.17. The van der Waals surface area contributed by atoms with Crippen LogP contribution < -0.4 is 4.74 Å². The minimum Gasteiger partial charge on any atom is -0.494 e. The fourth-order valence-corrected chi connectivity index (χ4v) is 3.36. The first-order chi connectivity index (χ1) is 13.4. The number of carbonyl (C=O) groups excluding carboxylic acids is 1. The van der Waals surface area contributed by atoms with Crippen LogP contribution in [-0.4, -0.2) is 22.1 Å². The third kappa shape index (κ3) is 7.14. The summed E-state index contributed by atoms with van der Waals surface area (Å²) >= 11 is 0. The Balaban J connectivity index is 1.86. The number of benzene rings is 1. The van der Waals surface area contributed by atoms with Gasteiger partial charge in [-0.25, -0.2) is 4.98 Å². The van der Waals surface area contributed by atoms with Crippen molar-refractivity contribution in [1.29, 1.82) is 0 Å². The van der Waals surface area contributed by atoms with Gasteiger partial charge in [-0.15, -0.1) is 0 Å². The summed E-state index contributed by atoms with van der Waals surface area (Å²) in [5, 5.41) is 0. The van der Waals surface area contributed by atoms with Crippen LogP contribution in [0.5, 0.6) is 5.75 Å². The Morgan fingerprint density at radius 2 is 1.75 bits per heavy atom. The van der Waals surface area contributed by atoms with Crippen molar-refractivity contribution in [2.24, 2.45) is 11.3 Å². The van der Waals surface area contributed by atoms with Crippen molar-refractivity contribution in [3.63, 3.8) is 0 Å². The van der Waals surface area contributed by atoms with Crippen LogP contribution in [0.25, 0.3) is 0 Å². The van der Waals surface area contributed by atoms with Crippen molar-refractivity contribution in [1.82, 2.24) is 9.55 Å². The molecule has 1 heterocycles. The molecular weight excluding hydrogens is 348 g/mol. The summed E-state index contributed by atoms with van der Waals surface area (Å²) in [4.78, 5) is 16.9. The molecule has 0 aliphatic rings. The molecule has 0 saturated carbocycles. The Kier molecular flexibility index (Phi) is 8.75. The molecule has 4 nitrogen and oxygen atoms in total. The number of rotatable bonds is 11. The van der Waals surface area contributed by atoms with Crippen LogP contribution in [0, 0.1) is 11.3 Å². The van der Waals surface area contributed by atoms with E-state index in [0.29, 0.717) is 6.42 Å². The highest BCUT2D eigenvalue weighted by Crippen LogP contribution is 2.31. The molecule has 2 aromatic rings. The van der Waals surface area contributed by atoms with Gasteiger partial charge in [-0.05, 0) is 36.0 Å². The number of unbranched alkanes of at least 4 members (excludes halogenated alkanes) is 5. The topological polar surface area (TPSA) is 44.1 Å². The van der Waals surface area contributed by atoms with Gasteiger partial charge in [-0.3, -0.25) is 9.36 Å². The molecule has 4 heteroatoms. The summed E-state index contributed by atoms with van der Waals surface area (Å²) in [5.41, 5.74) is 1.02. The minimum atomic E-state index is -0.131. The lowest BCUT2D eigenvalue weighted by Gasteiger charge is -2.29. The van der Waals surface area contributed by atoms with Gasteiger partial charge < -0.3 is 4.74 Å². The summed E-state index contributed by atoms with van der Waals surface area (Å²) < 4.78 is 7.46. The second-order valence-corrected chi connectivity index (χ2v) is 8.69. The monoisotopic (exact) mass is 384 g/mol. The quantitative estimate of drug-likeness (QED) is 0.435. The fraction of sp³-hybridized carbons (Fsp3) is 0.583. The average molecular weight is 385 g/mol. The first kappa shape index (κ1) is 22.2. The highest BCUT2D eigenvalue weighted by atomic mass is 16.5. The van der Waals surface area contributed by atoms with Crippen molar-refractivity contribution >= 4 is 5.91 Å². The number of hydrogen-bond acceptors (Lipinski definition) is 3. The number of nitrogens with zero attached hydrogens (tertiary/aromatic N) is 2. The Morgan fingerprint density at radius 1 is 1.07 bits per heavy atom. The average Bonchev–Trinajstić information content (AvgIpc) is 3.20. The van der Waals surface area contributed by atoms with Gasteiger partial charge in [0.25, 0.3) is 0 Å². The second kappa shape index (κ2) is 11.0. The molecule has 0 bridgehead atoms. The summed E-state index contributed by atoms with van der Waals surface area (Å²) in [7, 11) is 0. The van der Waals surface area contributed by atoms with Gasteiger partial charge in [-0.1, -0.05) is 71.9 Å². The van der Waals surface area contributed by atoms with Crippen molar-refractivity contribution in [2.75, 3.05) is 6.61 Å². The van der Waals surface area contributed by atoms with E-state index in [0.717, 1.165) is 24.3 Å². The first-order valence-corrected chi connectivity index (χ1v) is 10.7. The van der Waals surface area contributed by atoms with E-state index >= 15 is 0 Å². The fourth-order valence-electron chi connectivity index (χ4n) is 3.36. The predicted molar refractivity (Wildman–Crippen MR) is 115 cm³/mol. The molecule has 1 atom stereocenters. The van der Waals surface area contributed by atoms with Crippen LogP contribution in [0.15, 0.2) is 43.0 Å². The Bertz CT molecular complexity index is 684. The molecule has 1 aromatic carbocycles. The van der Waals surface area contributed by atoms with Crippen LogP contribution in [0.4, 0.5) is 0 Å². The lowest BCUT2D eigenvalue weighted by Crippen LogP contribution is -2.33. The molecular formula is C24H36N2O2. The molecule has 154 valence electrons. The Labute approximate surface area is 170 Å².